The monoisotopic (exact) mass is 146 g/mol. The highest BCUT2D eigenvalue weighted by Crippen LogP contribution is 2.02. The number of hydrogen-bond donors (Lipinski definition) is 0. The maximum Gasteiger partial charge on any atom is 0.0807 e. The van der Waals surface area contributed by atoms with Gasteiger partial charge in [0.2, 0.25) is 0 Å². The predicted octanol–water partition coefficient (Wildman–Crippen LogP) is 1.84. The summed E-state index contributed by atoms with van der Waals surface area (Å²) in [7, 11) is 0. The van der Waals surface area contributed by atoms with Crippen LogP contribution in [0.25, 0.3) is 0 Å². The summed E-state index contributed by atoms with van der Waals surface area (Å²) >= 11 is 0. The molecule has 1 heterocycles. The maximum absolute atomic E-state index is 5.30. The van der Waals surface area contributed by atoms with Gasteiger partial charge in [0.15, 0.2) is 0 Å². The van der Waals surface area contributed by atoms with Crippen molar-refractivity contribution in [2.75, 3.05) is 19.8 Å². The quantitative estimate of drug-likeness (QED) is 0.562. The lowest BCUT2D eigenvalue weighted by Gasteiger charge is -2.20. The SMILES string of the molecule is CC.CCC1COCCO1. The molecule has 1 aliphatic heterocycles. The number of ether oxygens (including phenoxy) is 2. The lowest BCUT2D eigenvalue weighted by molar-refractivity contribution is -0.0887. The first-order chi connectivity index (χ1) is 4.93. The Labute approximate surface area is 63.5 Å². The standard InChI is InChI=1S/C6H12O2.C2H6/c1-2-6-5-7-3-4-8-6;1-2/h6H,2-5H2,1H3;1-2H3. The molecule has 2 nitrogen and oxygen atoms in total. The second kappa shape index (κ2) is 7.03. The van der Waals surface area contributed by atoms with Crippen LogP contribution in [-0.4, -0.2) is 25.9 Å². The van der Waals surface area contributed by atoms with Gasteiger partial charge in [-0.05, 0) is 6.42 Å². The minimum absolute atomic E-state index is 0.365. The van der Waals surface area contributed by atoms with Gasteiger partial charge >= 0.3 is 0 Å². The molecule has 1 atom stereocenters. The van der Waals surface area contributed by atoms with Crippen LogP contribution in [0.15, 0.2) is 0 Å². The van der Waals surface area contributed by atoms with Crippen LogP contribution in [0, 0.1) is 0 Å². The molecule has 1 aliphatic rings. The van der Waals surface area contributed by atoms with E-state index in [1.165, 1.54) is 0 Å². The predicted molar refractivity (Wildman–Crippen MR) is 42.2 cm³/mol. The summed E-state index contributed by atoms with van der Waals surface area (Å²) in [6.45, 7) is 8.45. The molecule has 0 N–H and O–H groups in total. The lowest BCUT2D eigenvalue weighted by Crippen LogP contribution is -2.27. The van der Waals surface area contributed by atoms with Gasteiger partial charge < -0.3 is 9.47 Å². The Balaban J connectivity index is 0.000000371. The molecule has 1 rings (SSSR count). The average molecular weight is 146 g/mol. The molecule has 0 aromatic rings. The van der Waals surface area contributed by atoms with Crippen molar-refractivity contribution in [2.45, 2.75) is 33.3 Å². The van der Waals surface area contributed by atoms with Gasteiger partial charge in [-0.15, -0.1) is 0 Å². The highest BCUT2D eigenvalue weighted by Gasteiger charge is 2.10. The van der Waals surface area contributed by atoms with E-state index < -0.39 is 0 Å². The summed E-state index contributed by atoms with van der Waals surface area (Å²) in [5.41, 5.74) is 0. The average Bonchev–Trinajstić information content (AvgIpc) is 2.10. The number of hydrogen-bond acceptors (Lipinski definition) is 2. The van der Waals surface area contributed by atoms with Gasteiger partial charge in [-0.2, -0.15) is 0 Å². The summed E-state index contributed by atoms with van der Waals surface area (Å²) < 4.78 is 10.5. The molecule has 0 radical (unpaired) electrons. The van der Waals surface area contributed by atoms with Crippen molar-refractivity contribution in [3.05, 3.63) is 0 Å². The van der Waals surface area contributed by atoms with Gasteiger partial charge in [0.05, 0.1) is 25.9 Å². The topological polar surface area (TPSA) is 18.5 Å². The van der Waals surface area contributed by atoms with E-state index in [9.17, 15) is 0 Å². The molecule has 1 saturated heterocycles. The van der Waals surface area contributed by atoms with Crippen molar-refractivity contribution in [1.29, 1.82) is 0 Å². The Morgan fingerprint density at radius 3 is 2.30 bits per heavy atom. The largest absolute Gasteiger partial charge is 0.376 e. The molecule has 0 aliphatic carbocycles. The van der Waals surface area contributed by atoms with Gasteiger partial charge in [0.1, 0.15) is 0 Å². The van der Waals surface area contributed by atoms with Crippen LogP contribution in [0.2, 0.25) is 0 Å². The summed E-state index contributed by atoms with van der Waals surface area (Å²) in [6, 6.07) is 0. The lowest BCUT2D eigenvalue weighted by atomic mass is 10.3. The zero-order valence-corrected chi connectivity index (χ0v) is 7.22. The first kappa shape index (κ1) is 9.92. The first-order valence-electron chi connectivity index (χ1n) is 4.13. The minimum Gasteiger partial charge on any atom is -0.376 e. The molecule has 0 saturated carbocycles. The number of rotatable bonds is 1. The summed E-state index contributed by atoms with van der Waals surface area (Å²) in [5, 5.41) is 0. The molecular formula is C8H18O2. The van der Waals surface area contributed by atoms with Gasteiger partial charge in [-0.1, -0.05) is 20.8 Å². The first-order valence-corrected chi connectivity index (χ1v) is 4.13. The van der Waals surface area contributed by atoms with Crippen LogP contribution in [0.5, 0.6) is 0 Å². The van der Waals surface area contributed by atoms with Crippen LogP contribution in [-0.2, 0) is 9.47 Å². The van der Waals surface area contributed by atoms with Crippen molar-refractivity contribution < 1.29 is 9.47 Å². The molecule has 0 amide bonds. The fourth-order valence-corrected chi connectivity index (χ4v) is 0.772. The van der Waals surface area contributed by atoms with Gasteiger partial charge in [-0.25, -0.2) is 0 Å². The van der Waals surface area contributed by atoms with Crippen LogP contribution in [0.4, 0.5) is 0 Å². The van der Waals surface area contributed by atoms with Crippen LogP contribution < -0.4 is 0 Å². The third-order valence-corrected chi connectivity index (χ3v) is 1.34. The molecular weight excluding hydrogens is 128 g/mol. The zero-order valence-electron chi connectivity index (χ0n) is 7.22. The van der Waals surface area contributed by atoms with E-state index in [0.717, 1.165) is 26.2 Å². The summed E-state index contributed by atoms with van der Waals surface area (Å²) in [6.07, 6.45) is 1.43. The van der Waals surface area contributed by atoms with Crippen molar-refractivity contribution in [3.8, 4) is 0 Å². The normalized spacial score (nSPS) is 24.9. The summed E-state index contributed by atoms with van der Waals surface area (Å²) in [4.78, 5) is 0. The smallest absolute Gasteiger partial charge is 0.0807 e. The molecule has 0 aromatic carbocycles. The molecule has 1 fully saturated rings. The Kier molecular flexibility index (Phi) is 6.98. The van der Waals surface area contributed by atoms with E-state index >= 15 is 0 Å². The van der Waals surface area contributed by atoms with E-state index in [2.05, 4.69) is 6.92 Å². The maximum atomic E-state index is 5.30. The van der Waals surface area contributed by atoms with Crippen LogP contribution >= 0.6 is 0 Å². The molecule has 2 heteroatoms. The second-order valence-corrected chi connectivity index (χ2v) is 1.98. The van der Waals surface area contributed by atoms with Crippen LogP contribution in [0.3, 0.4) is 0 Å². The Bertz CT molecular complexity index is 58.3. The van der Waals surface area contributed by atoms with E-state index in [1.807, 2.05) is 13.8 Å². The third-order valence-electron chi connectivity index (χ3n) is 1.34. The zero-order chi connectivity index (χ0) is 7.82. The van der Waals surface area contributed by atoms with Gasteiger partial charge in [0, 0.05) is 0 Å². The molecule has 1 unspecified atom stereocenters. The van der Waals surface area contributed by atoms with E-state index in [4.69, 9.17) is 9.47 Å². The third kappa shape index (κ3) is 3.85. The van der Waals surface area contributed by atoms with Crippen molar-refractivity contribution >= 4 is 0 Å². The van der Waals surface area contributed by atoms with Crippen molar-refractivity contribution in [1.82, 2.24) is 0 Å². The Morgan fingerprint density at radius 1 is 1.30 bits per heavy atom. The molecule has 0 bridgehead atoms. The fourth-order valence-electron chi connectivity index (χ4n) is 0.772. The van der Waals surface area contributed by atoms with Gasteiger partial charge in [-0.3, -0.25) is 0 Å². The van der Waals surface area contributed by atoms with Crippen molar-refractivity contribution in [2.24, 2.45) is 0 Å². The van der Waals surface area contributed by atoms with Crippen molar-refractivity contribution in [3.63, 3.8) is 0 Å². The molecule has 0 spiro atoms. The summed E-state index contributed by atoms with van der Waals surface area (Å²) in [5.74, 6) is 0. The minimum atomic E-state index is 0.365. The molecule has 62 valence electrons. The van der Waals surface area contributed by atoms with Crippen LogP contribution in [0.1, 0.15) is 27.2 Å². The van der Waals surface area contributed by atoms with E-state index in [-0.39, 0.29) is 0 Å². The van der Waals surface area contributed by atoms with Gasteiger partial charge in [0.25, 0.3) is 0 Å². The highest BCUT2D eigenvalue weighted by atomic mass is 16.6. The molecule has 10 heavy (non-hydrogen) atoms. The second-order valence-electron chi connectivity index (χ2n) is 1.98. The van der Waals surface area contributed by atoms with E-state index in [0.29, 0.717) is 6.10 Å². The molecule has 0 aromatic heterocycles. The Morgan fingerprint density at radius 2 is 2.00 bits per heavy atom. The Hall–Kier alpha value is -0.0800. The highest BCUT2D eigenvalue weighted by molar-refractivity contribution is 4.56. The fraction of sp³-hybridized carbons (Fsp3) is 1.00. The van der Waals surface area contributed by atoms with E-state index in [1.54, 1.807) is 0 Å².